The Morgan fingerprint density at radius 1 is 0.917 bits per heavy atom. The van der Waals surface area contributed by atoms with Gasteiger partial charge in [0.15, 0.2) is 11.5 Å². The summed E-state index contributed by atoms with van der Waals surface area (Å²) < 4.78 is 11.7. The van der Waals surface area contributed by atoms with E-state index in [4.69, 9.17) is 9.47 Å². The quantitative estimate of drug-likeness (QED) is 0.438. The van der Waals surface area contributed by atoms with Crippen LogP contribution in [-0.4, -0.2) is 60.0 Å². The third kappa shape index (κ3) is 7.06. The van der Waals surface area contributed by atoms with Crippen molar-refractivity contribution in [3.8, 4) is 11.5 Å². The number of nitrogens with zero attached hydrogens (tertiary/aromatic N) is 3. The topological polar surface area (TPSA) is 66.9 Å². The van der Waals surface area contributed by atoms with E-state index in [2.05, 4.69) is 45.2 Å². The number of carbonyl (C=O) groups excluding carboxylic acids is 1. The van der Waals surface area contributed by atoms with Crippen molar-refractivity contribution in [2.24, 2.45) is 0 Å². The fourth-order valence-corrected chi connectivity index (χ4v) is 4.35. The van der Waals surface area contributed by atoms with Crippen LogP contribution in [0.25, 0.3) is 0 Å². The Labute approximate surface area is 214 Å². The van der Waals surface area contributed by atoms with E-state index in [0.717, 1.165) is 50.4 Å². The Balaban J connectivity index is 1.37. The number of pyridine rings is 1. The Bertz CT molecular complexity index is 1110. The Morgan fingerprint density at radius 2 is 1.69 bits per heavy atom. The number of likely N-dealkylation sites (N-methyl/N-ethyl adjacent to an activating group) is 1. The van der Waals surface area contributed by atoms with Gasteiger partial charge in [0.2, 0.25) is 0 Å². The van der Waals surface area contributed by atoms with Crippen LogP contribution < -0.4 is 14.8 Å². The van der Waals surface area contributed by atoms with Crippen molar-refractivity contribution in [3.05, 3.63) is 89.2 Å². The minimum atomic E-state index is -0.138. The average Bonchev–Trinajstić information content (AvgIpc) is 2.93. The number of piperazine rings is 1. The molecule has 7 heteroatoms. The summed E-state index contributed by atoms with van der Waals surface area (Å²) in [5.74, 6) is 1.02. The molecule has 190 valence electrons. The molecular formula is C29H36N4O3. The van der Waals surface area contributed by atoms with Crippen LogP contribution in [0.1, 0.15) is 40.9 Å². The summed E-state index contributed by atoms with van der Waals surface area (Å²) >= 11 is 0. The van der Waals surface area contributed by atoms with Gasteiger partial charge in [0, 0.05) is 62.8 Å². The molecule has 1 amide bonds. The maximum absolute atomic E-state index is 13.0. The second-order valence-electron chi connectivity index (χ2n) is 8.91. The molecule has 1 fully saturated rings. The normalized spacial score (nSPS) is 14.4. The van der Waals surface area contributed by atoms with E-state index in [-0.39, 0.29) is 5.91 Å². The van der Waals surface area contributed by atoms with E-state index in [1.807, 2.05) is 25.1 Å². The molecule has 1 aliphatic rings. The molecule has 36 heavy (non-hydrogen) atoms. The van der Waals surface area contributed by atoms with E-state index >= 15 is 0 Å². The van der Waals surface area contributed by atoms with Gasteiger partial charge in [-0.15, -0.1) is 0 Å². The van der Waals surface area contributed by atoms with Gasteiger partial charge in [0.05, 0.1) is 6.61 Å². The zero-order valence-electron chi connectivity index (χ0n) is 21.3. The average molecular weight is 489 g/mol. The fraction of sp³-hybridized carbons (Fsp3) is 0.379. The first-order valence-corrected chi connectivity index (χ1v) is 12.7. The number of carbonyl (C=O) groups is 1. The molecule has 1 saturated heterocycles. The third-order valence-corrected chi connectivity index (χ3v) is 6.49. The highest BCUT2D eigenvalue weighted by Gasteiger charge is 2.17. The van der Waals surface area contributed by atoms with Gasteiger partial charge < -0.3 is 19.7 Å². The summed E-state index contributed by atoms with van der Waals surface area (Å²) in [6.07, 6.45) is 3.50. The second-order valence-corrected chi connectivity index (χ2v) is 8.91. The van der Waals surface area contributed by atoms with Gasteiger partial charge >= 0.3 is 0 Å². The minimum Gasteiger partial charge on any atom is -0.490 e. The zero-order valence-corrected chi connectivity index (χ0v) is 21.3. The number of hydrogen-bond donors (Lipinski definition) is 1. The first-order valence-electron chi connectivity index (χ1n) is 12.7. The highest BCUT2D eigenvalue weighted by molar-refractivity contribution is 5.94. The van der Waals surface area contributed by atoms with Crippen molar-refractivity contribution >= 4 is 5.91 Å². The van der Waals surface area contributed by atoms with Gasteiger partial charge in [-0.3, -0.25) is 14.7 Å². The van der Waals surface area contributed by atoms with Crippen molar-refractivity contribution in [1.82, 2.24) is 20.1 Å². The molecule has 3 aromatic rings. The lowest BCUT2D eigenvalue weighted by Crippen LogP contribution is -2.45. The van der Waals surface area contributed by atoms with Crippen molar-refractivity contribution in [3.63, 3.8) is 0 Å². The molecule has 1 aromatic heterocycles. The van der Waals surface area contributed by atoms with E-state index in [1.165, 1.54) is 5.56 Å². The summed E-state index contributed by atoms with van der Waals surface area (Å²) in [4.78, 5) is 22.1. The van der Waals surface area contributed by atoms with Crippen molar-refractivity contribution < 1.29 is 14.3 Å². The first kappa shape index (κ1) is 25.7. The van der Waals surface area contributed by atoms with Crippen LogP contribution in [0.5, 0.6) is 11.5 Å². The fourth-order valence-electron chi connectivity index (χ4n) is 4.35. The Kier molecular flexibility index (Phi) is 9.30. The Hall–Kier alpha value is -3.42. The summed E-state index contributed by atoms with van der Waals surface area (Å²) in [5, 5.41) is 3.09. The molecule has 0 spiro atoms. The number of benzene rings is 2. The lowest BCUT2D eigenvalue weighted by atomic mass is 10.1. The highest BCUT2D eigenvalue weighted by Crippen LogP contribution is 2.29. The summed E-state index contributed by atoms with van der Waals surface area (Å²) in [6.45, 7) is 11.9. The van der Waals surface area contributed by atoms with Gasteiger partial charge in [-0.2, -0.15) is 0 Å². The zero-order chi connectivity index (χ0) is 25.2. The molecule has 0 radical (unpaired) electrons. The predicted octanol–water partition coefficient (Wildman–Crippen LogP) is 4.13. The Morgan fingerprint density at radius 3 is 2.42 bits per heavy atom. The molecule has 2 aromatic carbocycles. The lowest BCUT2D eigenvalue weighted by Gasteiger charge is -2.34. The van der Waals surface area contributed by atoms with Gasteiger partial charge in [-0.25, -0.2) is 0 Å². The monoisotopic (exact) mass is 488 g/mol. The standard InChI is InChI=1S/C29H36N4O3/c1-3-32-14-16-33(17-15-32)21-26-10-6-5-9-25(26)20-31-29(34)24-11-12-27(28(18-24)35-4-2)36-22-23-8-7-13-30-19-23/h5-13,18-19H,3-4,14-17,20-22H2,1-2H3,(H,31,34). The molecule has 4 rings (SSSR count). The SMILES string of the molecule is CCOc1cc(C(=O)NCc2ccccc2CN2CCN(CC)CC2)ccc1OCc1cccnc1. The van der Waals surface area contributed by atoms with Crippen molar-refractivity contribution in [2.75, 3.05) is 39.3 Å². The number of rotatable bonds is 11. The molecule has 1 aliphatic heterocycles. The van der Waals surface area contributed by atoms with E-state index in [0.29, 0.717) is 36.8 Å². The van der Waals surface area contributed by atoms with Crippen LogP contribution >= 0.6 is 0 Å². The van der Waals surface area contributed by atoms with Gasteiger partial charge in [0.25, 0.3) is 5.91 Å². The van der Waals surface area contributed by atoms with Crippen LogP contribution in [0.4, 0.5) is 0 Å². The summed E-state index contributed by atoms with van der Waals surface area (Å²) in [5.41, 5.74) is 3.91. The molecule has 1 N–H and O–H groups in total. The molecule has 0 unspecified atom stereocenters. The summed E-state index contributed by atoms with van der Waals surface area (Å²) in [7, 11) is 0. The molecule has 2 heterocycles. The van der Waals surface area contributed by atoms with Crippen LogP contribution in [-0.2, 0) is 19.7 Å². The molecule has 0 atom stereocenters. The molecule has 0 aliphatic carbocycles. The number of amides is 1. The van der Waals surface area contributed by atoms with E-state index in [9.17, 15) is 4.79 Å². The minimum absolute atomic E-state index is 0.138. The predicted molar refractivity (Wildman–Crippen MR) is 141 cm³/mol. The van der Waals surface area contributed by atoms with Gasteiger partial charge in [0.1, 0.15) is 6.61 Å². The van der Waals surface area contributed by atoms with Gasteiger partial charge in [-0.05, 0) is 48.9 Å². The van der Waals surface area contributed by atoms with Crippen LogP contribution in [0.2, 0.25) is 0 Å². The number of nitrogens with one attached hydrogen (secondary N) is 1. The highest BCUT2D eigenvalue weighted by atomic mass is 16.5. The molecular weight excluding hydrogens is 452 g/mol. The molecule has 7 nitrogen and oxygen atoms in total. The maximum Gasteiger partial charge on any atom is 0.251 e. The molecule has 0 saturated carbocycles. The van der Waals surface area contributed by atoms with E-state index < -0.39 is 0 Å². The van der Waals surface area contributed by atoms with Crippen LogP contribution in [0, 0.1) is 0 Å². The second kappa shape index (κ2) is 13.0. The van der Waals surface area contributed by atoms with Gasteiger partial charge in [-0.1, -0.05) is 37.3 Å². The smallest absolute Gasteiger partial charge is 0.251 e. The number of aromatic nitrogens is 1. The summed E-state index contributed by atoms with van der Waals surface area (Å²) in [6, 6.07) is 17.5. The molecule has 0 bridgehead atoms. The largest absolute Gasteiger partial charge is 0.490 e. The maximum atomic E-state index is 13.0. The van der Waals surface area contributed by atoms with Crippen LogP contribution in [0.3, 0.4) is 0 Å². The first-order chi connectivity index (χ1) is 17.7. The number of hydrogen-bond acceptors (Lipinski definition) is 6. The number of ether oxygens (including phenoxy) is 2. The third-order valence-electron chi connectivity index (χ3n) is 6.49. The van der Waals surface area contributed by atoms with Crippen molar-refractivity contribution in [1.29, 1.82) is 0 Å². The van der Waals surface area contributed by atoms with Crippen LogP contribution in [0.15, 0.2) is 67.0 Å². The lowest BCUT2D eigenvalue weighted by molar-refractivity contribution is 0.0950. The van der Waals surface area contributed by atoms with Crippen molar-refractivity contribution in [2.45, 2.75) is 33.5 Å². The van der Waals surface area contributed by atoms with E-state index in [1.54, 1.807) is 30.6 Å².